The zero-order chi connectivity index (χ0) is 14.7. The smallest absolute Gasteiger partial charge is 0.256 e. The van der Waals surface area contributed by atoms with Crippen LogP contribution in [0.25, 0.3) is 0 Å². The number of hydrogen-bond donors (Lipinski definition) is 1. The lowest BCUT2D eigenvalue weighted by Gasteiger charge is -2.25. The highest BCUT2D eigenvalue weighted by molar-refractivity contribution is 6.31. The summed E-state index contributed by atoms with van der Waals surface area (Å²) < 4.78 is 0. The fraction of sp³-hybridized carbons (Fsp3) is 0.562. The second-order valence-corrected chi connectivity index (χ2v) is 6.24. The summed E-state index contributed by atoms with van der Waals surface area (Å²) in [7, 11) is 0. The minimum absolute atomic E-state index is 0.0969. The number of halogens is 1. The number of nitrogens with zero attached hydrogens (tertiary/aromatic N) is 1. The Morgan fingerprint density at radius 3 is 2.70 bits per heavy atom. The van der Waals surface area contributed by atoms with Crippen LogP contribution in [-0.4, -0.2) is 29.9 Å². The molecule has 1 aliphatic carbocycles. The van der Waals surface area contributed by atoms with Crippen LogP contribution < -0.4 is 5.32 Å². The third-order valence-corrected chi connectivity index (χ3v) is 3.62. The number of carbonyl (C=O) groups is 1. The molecule has 4 heteroatoms. The summed E-state index contributed by atoms with van der Waals surface area (Å²) in [5, 5.41) is 3.85. The number of anilines is 1. The molecule has 0 bridgehead atoms. The van der Waals surface area contributed by atoms with Gasteiger partial charge in [-0.05, 0) is 43.9 Å². The summed E-state index contributed by atoms with van der Waals surface area (Å²) in [5.41, 5.74) is 1.56. The van der Waals surface area contributed by atoms with Gasteiger partial charge >= 0.3 is 0 Å². The van der Waals surface area contributed by atoms with Crippen molar-refractivity contribution in [1.82, 2.24) is 4.90 Å². The van der Waals surface area contributed by atoms with Gasteiger partial charge < -0.3 is 10.2 Å². The average molecular weight is 295 g/mol. The van der Waals surface area contributed by atoms with Gasteiger partial charge in [0.05, 0.1) is 5.56 Å². The lowest BCUT2D eigenvalue weighted by atomic mass is 10.1. The maximum absolute atomic E-state index is 12.8. The Hall–Kier alpha value is -1.22. The molecule has 110 valence electrons. The highest BCUT2D eigenvalue weighted by Gasteiger charge is 2.34. The molecular formula is C16H23ClN2O. The molecule has 1 saturated carbocycles. The largest absolute Gasteiger partial charge is 0.385 e. The molecule has 0 saturated heterocycles. The number of hydrogen-bond acceptors (Lipinski definition) is 2. The molecule has 0 heterocycles. The van der Waals surface area contributed by atoms with E-state index in [0.717, 1.165) is 31.6 Å². The van der Waals surface area contributed by atoms with Crippen molar-refractivity contribution < 1.29 is 4.79 Å². The summed E-state index contributed by atoms with van der Waals surface area (Å²) in [6.07, 6.45) is 2.24. The van der Waals surface area contributed by atoms with Gasteiger partial charge in [-0.3, -0.25) is 4.79 Å². The molecule has 3 nitrogen and oxygen atoms in total. The molecule has 0 spiro atoms. The van der Waals surface area contributed by atoms with Gasteiger partial charge in [-0.2, -0.15) is 0 Å². The molecule has 1 aromatic carbocycles. The molecule has 0 aromatic heterocycles. The molecule has 0 atom stereocenters. The predicted octanol–water partition coefficient (Wildman–Crippen LogP) is 4.03. The van der Waals surface area contributed by atoms with Gasteiger partial charge in [-0.1, -0.05) is 25.4 Å². The third-order valence-electron chi connectivity index (χ3n) is 3.39. The lowest BCUT2D eigenvalue weighted by Crippen LogP contribution is -2.36. The molecular weight excluding hydrogens is 272 g/mol. The van der Waals surface area contributed by atoms with Crippen molar-refractivity contribution in [3.05, 3.63) is 28.8 Å². The molecule has 0 aliphatic heterocycles. The van der Waals surface area contributed by atoms with Crippen molar-refractivity contribution in [3.63, 3.8) is 0 Å². The minimum Gasteiger partial charge on any atom is -0.385 e. The van der Waals surface area contributed by atoms with E-state index in [-0.39, 0.29) is 5.91 Å². The molecule has 1 aromatic rings. The predicted molar refractivity (Wildman–Crippen MR) is 84.5 cm³/mol. The fourth-order valence-electron chi connectivity index (χ4n) is 2.37. The SMILES string of the molecule is CCNc1ccc(Cl)cc1C(=O)N(CC(C)C)C1CC1. The van der Waals surface area contributed by atoms with Crippen LogP contribution in [0.15, 0.2) is 18.2 Å². The minimum atomic E-state index is 0.0969. The van der Waals surface area contributed by atoms with Gasteiger partial charge in [0.25, 0.3) is 5.91 Å². The van der Waals surface area contributed by atoms with Crippen molar-refractivity contribution in [1.29, 1.82) is 0 Å². The van der Waals surface area contributed by atoms with Crippen LogP contribution in [0.3, 0.4) is 0 Å². The van der Waals surface area contributed by atoms with Crippen LogP contribution in [0.5, 0.6) is 0 Å². The Morgan fingerprint density at radius 2 is 2.15 bits per heavy atom. The molecule has 1 N–H and O–H groups in total. The average Bonchev–Trinajstić information content (AvgIpc) is 3.21. The van der Waals surface area contributed by atoms with Gasteiger partial charge in [-0.25, -0.2) is 0 Å². The van der Waals surface area contributed by atoms with Crippen LogP contribution in [-0.2, 0) is 0 Å². The van der Waals surface area contributed by atoms with Crippen LogP contribution in [0.2, 0.25) is 5.02 Å². The maximum atomic E-state index is 12.8. The summed E-state index contributed by atoms with van der Waals surface area (Å²) in [6.45, 7) is 7.91. The van der Waals surface area contributed by atoms with Crippen molar-refractivity contribution in [3.8, 4) is 0 Å². The standard InChI is InChI=1S/C16H23ClN2O/c1-4-18-15-8-5-12(17)9-14(15)16(20)19(10-11(2)3)13-6-7-13/h5,8-9,11,13,18H,4,6-7,10H2,1-3H3. The first-order valence-corrected chi connectivity index (χ1v) is 7.75. The molecule has 2 rings (SSSR count). The summed E-state index contributed by atoms with van der Waals surface area (Å²) in [4.78, 5) is 14.8. The van der Waals surface area contributed by atoms with Gasteiger partial charge in [-0.15, -0.1) is 0 Å². The molecule has 1 amide bonds. The highest BCUT2D eigenvalue weighted by atomic mass is 35.5. The number of benzene rings is 1. The Bertz CT molecular complexity index is 483. The number of nitrogens with one attached hydrogen (secondary N) is 1. The van der Waals surface area contributed by atoms with Crippen LogP contribution >= 0.6 is 11.6 Å². The quantitative estimate of drug-likeness (QED) is 0.859. The van der Waals surface area contributed by atoms with Crippen LogP contribution in [0.4, 0.5) is 5.69 Å². The first kappa shape index (κ1) is 15.2. The molecule has 1 aliphatic rings. The normalized spacial score (nSPS) is 14.4. The molecule has 0 radical (unpaired) electrons. The summed E-state index contributed by atoms with van der Waals surface area (Å²) in [5.74, 6) is 0.570. The summed E-state index contributed by atoms with van der Waals surface area (Å²) in [6, 6.07) is 5.90. The van der Waals surface area contributed by atoms with E-state index < -0.39 is 0 Å². The van der Waals surface area contributed by atoms with Crippen molar-refractivity contribution >= 4 is 23.2 Å². The Kier molecular flexibility index (Phi) is 4.92. The number of rotatable bonds is 6. The Balaban J connectivity index is 2.27. The van der Waals surface area contributed by atoms with Gasteiger partial charge in [0, 0.05) is 29.8 Å². The lowest BCUT2D eigenvalue weighted by molar-refractivity contribution is 0.0723. The topological polar surface area (TPSA) is 32.3 Å². The molecule has 0 unspecified atom stereocenters. The third kappa shape index (κ3) is 3.66. The second kappa shape index (κ2) is 6.49. The van der Waals surface area contributed by atoms with E-state index in [4.69, 9.17) is 11.6 Å². The van der Waals surface area contributed by atoms with E-state index in [0.29, 0.717) is 22.5 Å². The monoisotopic (exact) mass is 294 g/mol. The second-order valence-electron chi connectivity index (χ2n) is 5.80. The first-order chi connectivity index (χ1) is 9.52. The van der Waals surface area contributed by atoms with E-state index in [9.17, 15) is 4.79 Å². The maximum Gasteiger partial charge on any atom is 0.256 e. The van der Waals surface area contributed by atoms with Gasteiger partial charge in [0.15, 0.2) is 0 Å². The Morgan fingerprint density at radius 1 is 1.45 bits per heavy atom. The zero-order valence-corrected chi connectivity index (χ0v) is 13.2. The zero-order valence-electron chi connectivity index (χ0n) is 12.4. The molecule has 1 fully saturated rings. The van der Waals surface area contributed by atoms with E-state index in [1.165, 1.54) is 0 Å². The van der Waals surface area contributed by atoms with Gasteiger partial charge in [0.2, 0.25) is 0 Å². The van der Waals surface area contributed by atoms with Crippen LogP contribution in [0.1, 0.15) is 44.0 Å². The van der Waals surface area contributed by atoms with E-state index in [1.54, 1.807) is 6.07 Å². The summed E-state index contributed by atoms with van der Waals surface area (Å²) >= 11 is 6.07. The van der Waals surface area contributed by atoms with Gasteiger partial charge in [0.1, 0.15) is 0 Å². The molecule has 20 heavy (non-hydrogen) atoms. The van der Waals surface area contributed by atoms with E-state index in [1.807, 2.05) is 24.0 Å². The number of carbonyl (C=O) groups excluding carboxylic acids is 1. The van der Waals surface area contributed by atoms with Crippen LogP contribution in [0, 0.1) is 5.92 Å². The fourth-order valence-corrected chi connectivity index (χ4v) is 2.54. The van der Waals surface area contributed by atoms with E-state index >= 15 is 0 Å². The van der Waals surface area contributed by atoms with E-state index in [2.05, 4.69) is 19.2 Å². The van der Waals surface area contributed by atoms with Crippen molar-refractivity contribution in [2.45, 2.75) is 39.7 Å². The first-order valence-electron chi connectivity index (χ1n) is 7.37. The number of amides is 1. The van der Waals surface area contributed by atoms with Crippen molar-refractivity contribution in [2.24, 2.45) is 5.92 Å². The van der Waals surface area contributed by atoms with Crippen molar-refractivity contribution in [2.75, 3.05) is 18.4 Å². The Labute approximate surface area is 126 Å². The highest BCUT2D eigenvalue weighted by Crippen LogP contribution is 2.31.